The van der Waals surface area contributed by atoms with Crippen molar-refractivity contribution in [3.8, 4) is 17.2 Å². The molecule has 0 unspecified atom stereocenters. The van der Waals surface area contributed by atoms with E-state index in [0.717, 1.165) is 16.5 Å². The van der Waals surface area contributed by atoms with Gasteiger partial charge in [-0.15, -0.1) is 0 Å². The van der Waals surface area contributed by atoms with E-state index in [-0.39, 0.29) is 5.91 Å². The van der Waals surface area contributed by atoms with Gasteiger partial charge in [0.25, 0.3) is 5.91 Å². The largest absolute Gasteiger partial charge is 0.493 e. The second kappa shape index (κ2) is 9.39. The zero-order valence-electron chi connectivity index (χ0n) is 21.2. The molecule has 2 aliphatic rings. The molecule has 2 saturated heterocycles. The van der Waals surface area contributed by atoms with E-state index in [1.165, 1.54) is 26.2 Å². The molecule has 3 atom stereocenters. The van der Waals surface area contributed by atoms with Crippen LogP contribution >= 0.6 is 0 Å². The SMILES string of the molecule is COc1cc([C@@H]2[C@@H]3C(=O)N(c4cccc5ccccc45)C(=O)[C@@H]3ON2c2ccccc2)cc(OC)c1OC. The van der Waals surface area contributed by atoms with Crippen molar-refractivity contribution in [1.82, 2.24) is 0 Å². The Morgan fingerprint density at radius 2 is 1.39 bits per heavy atom. The standard InChI is InChI=1S/C30H26N2O6/c1-35-23-16-19(17-24(36-2)27(23)37-3)26-25-28(38-32(26)20-12-5-4-6-13-20)30(34)31(29(25)33)22-15-9-11-18-10-7-8-14-21(18)22/h4-17,25-26,28H,1-3H3/t25-,26+,28+/m0/s1. The monoisotopic (exact) mass is 510 g/mol. The molecule has 8 nitrogen and oxygen atoms in total. The molecule has 38 heavy (non-hydrogen) atoms. The summed E-state index contributed by atoms with van der Waals surface area (Å²) in [6.45, 7) is 0. The van der Waals surface area contributed by atoms with Crippen molar-refractivity contribution in [3.05, 3.63) is 90.5 Å². The number of hydrogen-bond donors (Lipinski definition) is 0. The highest BCUT2D eigenvalue weighted by Gasteiger charge is 2.60. The van der Waals surface area contributed by atoms with Crippen LogP contribution in [0.25, 0.3) is 10.8 Å². The molecule has 4 aromatic rings. The maximum absolute atomic E-state index is 14.1. The number of anilines is 2. The van der Waals surface area contributed by atoms with E-state index >= 15 is 0 Å². The summed E-state index contributed by atoms with van der Waals surface area (Å²) in [6.07, 6.45) is -0.995. The number of nitrogens with zero attached hydrogens (tertiary/aromatic N) is 2. The third kappa shape index (κ3) is 3.56. The molecule has 0 bridgehead atoms. The number of carbonyl (C=O) groups is 2. The van der Waals surface area contributed by atoms with Crippen molar-refractivity contribution < 1.29 is 28.6 Å². The normalized spacial score (nSPS) is 20.7. The third-order valence-corrected chi connectivity index (χ3v) is 7.16. The Bertz CT molecular complexity index is 1510. The number of benzene rings is 4. The first kappa shape index (κ1) is 23.8. The topological polar surface area (TPSA) is 77.5 Å². The molecule has 2 fully saturated rings. The second-order valence-corrected chi connectivity index (χ2v) is 9.13. The van der Waals surface area contributed by atoms with E-state index in [9.17, 15) is 9.59 Å². The zero-order chi connectivity index (χ0) is 26.4. The lowest BCUT2D eigenvalue weighted by Crippen LogP contribution is -2.37. The van der Waals surface area contributed by atoms with Crippen molar-refractivity contribution in [2.24, 2.45) is 5.92 Å². The van der Waals surface area contributed by atoms with Gasteiger partial charge in [0.1, 0.15) is 5.92 Å². The van der Waals surface area contributed by atoms with E-state index in [4.69, 9.17) is 19.0 Å². The highest BCUT2D eigenvalue weighted by molar-refractivity contribution is 6.26. The van der Waals surface area contributed by atoms with Crippen molar-refractivity contribution in [3.63, 3.8) is 0 Å². The molecule has 2 amide bonds. The lowest BCUT2D eigenvalue weighted by atomic mass is 9.90. The summed E-state index contributed by atoms with van der Waals surface area (Å²) in [7, 11) is 4.61. The van der Waals surface area contributed by atoms with Gasteiger partial charge in [0.05, 0.1) is 38.7 Å². The summed E-state index contributed by atoms with van der Waals surface area (Å²) < 4.78 is 16.7. The van der Waals surface area contributed by atoms with Gasteiger partial charge in [-0.2, -0.15) is 0 Å². The van der Waals surface area contributed by atoms with Crippen LogP contribution in [0.3, 0.4) is 0 Å². The quantitative estimate of drug-likeness (QED) is 0.341. The molecule has 8 heteroatoms. The number of hydroxylamine groups is 1. The van der Waals surface area contributed by atoms with Crippen molar-refractivity contribution >= 4 is 34.0 Å². The van der Waals surface area contributed by atoms with Gasteiger partial charge >= 0.3 is 0 Å². The maximum Gasteiger partial charge on any atom is 0.266 e. The van der Waals surface area contributed by atoms with Crippen LogP contribution in [-0.4, -0.2) is 39.2 Å². The lowest BCUT2D eigenvalue weighted by Gasteiger charge is -2.29. The first-order valence-corrected chi connectivity index (χ1v) is 12.2. The Morgan fingerprint density at radius 1 is 0.737 bits per heavy atom. The van der Waals surface area contributed by atoms with Crippen LogP contribution in [0.5, 0.6) is 17.2 Å². The molecule has 6 rings (SSSR count). The fraction of sp³-hybridized carbons (Fsp3) is 0.200. The molecule has 0 saturated carbocycles. The number of carbonyl (C=O) groups excluding carboxylic acids is 2. The minimum Gasteiger partial charge on any atom is -0.493 e. The summed E-state index contributed by atoms with van der Waals surface area (Å²) in [5, 5.41) is 3.41. The predicted octanol–water partition coefficient (Wildman–Crippen LogP) is 4.92. The number of para-hydroxylation sites is 1. The summed E-state index contributed by atoms with van der Waals surface area (Å²) in [5.74, 6) is -0.195. The Balaban J connectivity index is 1.50. The van der Waals surface area contributed by atoms with E-state index in [1.807, 2.05) is 66.7 Å². The van der Waals surface area contributed by atoms with Crippen LogP contribution in [0.4, 0.5) is 11.4 Å². The van der Waals surface area contributed by atoms with E-state index in [0.29, 0.717) is 28.5 Å². The number of imide groups is 1. The Kier molecular flexibility index (Phi) is 5.88. The van der Waals surface area contributed by atoms with Crippen LogP contribution in [0, 0.1) is 5.92 Å². The first-order chi connectivity index (χ1) is 18.6. The van der Waals surface area contributed by atoms with Crippen LogP contribution in [0.15, 0.2) is 84.9 Å². The summed E-state index contributed by atoms with van der Waals surface area (Å²) in [5.41, 5.74) is 1.96. The van der Waals surface area contributed by atoms with Crippen LogP contribution in [-0.2, 0) is 14.4 Å². The molecule has 2 heterocycles. The fourth-order valence-electron chi connectivity index (χ4n) is 5.47. The smallest absolute Gasteiger partial charge is 0.266 e. The molecule has 0 aromatic heterocycles. The predicted molar refractivity (Wildman–Crippen MR) is 143 cm³/mol. The average Bonchev–Trinajstić information content (AvgIpc) is 3.47. The molecule has 192 valence electrons. The zero-order valence-corrected chi connectivity index (χ0v) is 21.2. The molecule has 0 aliphatic carbocycles. The Labute approximate surface area is 219 Å². The van der Waals surface area contributed by atoms with Gasteiger partial charge in [0.15, 0.2) is 17.6 Å². The van der Waals surface area contributed by atoms with Crippen LogP contribution in [0.2, 0.25) is 0 Å². The Morgan fingerprint density at radius 3 is 2.08 bits per heavy atom. The molecule has 0 N–H and O–H groups in total. The van der Waals surface area contributed by atoms with Crippen molar-refractivity contribution in [2.45, 2.75) is 12.1 Å². The highest BCUT2D eigenvalue weighted by Crippen LogP contribution is 2.50. The van der Waals surface area contributed by atoms with E-state index in [1.54, 1.807) is 23.3 Å². The van der Waals surface area contributed by atoms with E-state index in [2.05, 4.69) is 0 Å². The number of ether oxygens (including phenoxy) is 3. The van der Waals surface area contributed by atoms with Crippen molar-refractivity contribution in [2.75, 3.05) is 31.3 Å². The summed E-state index contributed by atoms with van der Waals surface area (Å²) >= 11 is 0. The number of methoxy groups -OCH3 is 3. The first-order valence-electron chi connectivity index (χ1n) is 12.2. The summed E-state index contributed by atoms with van der Waals surface area (Å²) in [4.78, 5) is 35.5. The fourth-order valence-corrected chi connectivity index (χ4v) is 5.47. The molecule has 0 radical (unpaired) electrons. The number of rotatable bonds is 6. The van der Waals surface area contributed by atoms with Gasteiger partial charge < -0.3 is 14.2 Å². The van der Waals surface area contributed by atoms with Gasteiger partial charge in [-0.05, 0) is 41.3 Å². The van der Waals surface area contributed by atoms with E-state index < -0.39 is 24.0 Å². The second-order valence-electron chi connectivity index (χ2n) is 9.13. The highest BCUT2D eigenvalue weighted by atomic mass is 16.7. The molecule has 2 aliphatic heterocycles. The average molecular weight is 511 g/mol. The number of amides is 2. The molecular weight excluding hydrogens is 484 g/mol. The van der Waals surface area contributed by atoms with Gasteiger partial charge in [0.2, 0.25) is 11.7 Å². The molecular formula is C30H26N2O6. The number of hydrogen-bond acceptors (Lipinski definition) is 7. The Hall–Kier alpha value is -4.56. The minimum absolute atomic E-state index is 0.325. The van der Waals surface area contributed by atoms with Crippen molar-refractivity contribution in [1.29, 1.82) is 0 Å². The molecule has 4 aromatic carbocycles. The van der Waals surface area contributed by atoms with Crippen LogP contribution < -0.4 is 24.2 Å². The van der Waals surface area contributed by atoms with Gasteiger partial charge in [-0.1, -0.05) is 54.6 Å². The minimum atomic E-state index is -0.995. The third-order valence-electron chi connectivity index (χ3n) is 7.16. The lowest BCUT2D eigenvalue weighted by molar-refractivity contribution is -0.126. The molecule has 0 spiro atoms. The number of fused-ring (bicyclic) bond motifs is 2. The van der Waals surface area contributed by atoms with Gasteiger partial charge in [0, 0.05) is 5.39 Å². The van der Waals surface area contributed by atoms with Gasteiger partial charge in [-0.25, -0.2) is 9.96 Å². The van der Waals surface area contributed by atoms with Crippen LogP contribution in [0.1, 0.15) is 11.6 Å². The summed E-state index contributed by atoms with van der Waals surface area (Å²) in [6, 6.07) is 25.7. The van der Waals surface area contributed by atoms with Gasteiger partial charge in [-0.3, -0.25) is 14.4 Å². The maximum atomic E-state index is 14.1.